The fraction of sp³-hybridized carbons (Fsp3) is 0.375. The molecule has 0 aliphatic heterocycles. The molecule has 0 amide bonds. The molecule has 2 N–H and O–H groups in total. The molecule has 0 aliphatic carbocycles. The van der Waals surface area contributed by atoms with Crippen molar-refractivity contribution < 1.29 is 4.74 Å². The lowest BCUT2D eigenvalue weighted by atomic mass is 10.2. The topological polar surface area (TPSA) is 58.5 Å². The first-order chi connectivity index (χ1) is 10.7. The normalized spacial score (nSPS) is 10.8. The van der Waals surface area contributed by atoms with Gasteiger partial charge in [-0.1, -0.05) is 12.1 Å². The molecule has 126 valence electrons. The molecule has 0 aliphatic rings. The number of aromatic nitrogens is 1. The fourth-order valence-corrected chi connectivity index (χ4v) is 2.66. The molecule has 2 rings (SSSR count). The lowest BCUT2D eigenvalue weighted by Gasteiger charge is -2.11. The van der Waals surface area contributed by atoms with Crippen LogP contribution in [-0.4, -0.2) is 24.6 Å². The van der Waals surface area contributed by atoms with Gasteiger partial charge in [-0.15, -0.1) is 35.3 Å². The molecule has 23 heavy (non-hydrogen) atoms. The zero-order valence-electron chi connectivity index (χ0n) is 13.6. The van der Waals surface area contributed by atoms with Crippen LogP contribution in [0.2, 0.25) is 0 Å². The van der Waals surface area contributed by atoms with Crippen molar-refractivity contribution in [3.63, 3.8) is 0 Å². The average molecular weight is 446 g/mol. The third kappa shape index (κ3) is 6.34. The maximum atomic E-state index is 5.23. The standard InChI is InChI=1S/C16H22N4OS.HI/c1-4-17-16(19-10-15-12(2)20-11-22-15)18-9-13-6-5-7-14(8-13)21-3;/h5-8,11H,4,9-10H2,1-3H3,(H2,17,18,19);1H. The van der Waals surface area contributed by atoms with E-state index in [1.54, 1.807) is 18.4 Å². The molecule has 1 aromatic heterocycles. The third-order valence-corrected chi connectivity index (χ3v) is 4.09. The second-order valence-electron chi connectivity index (χ2n) is 4.76. The Bertz CT molecular complexity index is 630. The van der Waals surface area contributed by atoms with Gasteiger partial charge in [0.2, 0.25) is 0 Å². The maximum Gasteiger partial charge on any atom is 0.191 e. The monoisotopic (exact) mass is 446 g/mol. The van der Waals surface area contributed by atoms with Gasteiger partial charge in [-0.25, -0.2) is 9.98 Å². The van der Waals surface area contributed by atoms with Crippen molar-refractivity contribution in [3.8, 4) is 5.75 Å². The van der Waals surface area contributed by atoms with Crippen molar-refractivity contribution in [2.45, 2.75) is 26.9 Å². The molecular formula is C16H23IN4OS. The Morgan fingerprint density at radius 3 is 2.83 bits per heavy atom. The number of hydrogen-bond donors (Lipinski definition) is 2. The van der Waals surface area contributed by atoms with Crippen LogP contribution in [0.25, 0.3) is 0 Å². The van der Waals surface area contributed by atoms with Crippen LogP contribution in [0.15, 0.2) is 34.8 Å². The molecule has 0 radical (unpaired) electrons. The number of hydrogen-bond acceptors (Lipinski definition) is 4. The summed E-state index contributed by atoms with van der Waals surface area (Å²) in [6, 6.07) is 7.96. The fourth-order valence-electron chi connectivity index (χ4n) is 1.94. The van der Waals surface area contributed by atoms with E-state index in [2.05, 4.69) is 27.5 Å². The highest BCUT2D eigenvalue weighted by Crippen LogP contribution is 2.13. The summed E-state index contributed by atoms with van der Waals surface area (Å²) in [7, 11) is 1.67. The van der Waals surface area contributed by atoms with Crippen molar-refractivity contribution in [2.24, 2.45) is 4.99 Å². The number of halogens is 1. The minimum Gasteiger partial charge on any atom is -0.497 e. The van der Waals surface area contributed by atoms with Crippen molar-refractivity contribution in [1.82, 2.24) is 15.6 Å². The molecule has 0 bridgehead atoms. The number of benzene rings is 1. The van der Waals surface area contributed by atoms with Crippen molar-refractivity contribution in [2.75, 3.05) is 13.7 Å². The first-order valence-corrected chi connectivity index (χ1v) is 8.15. The number of rotatable bonds is 6. The Morgan fingerprint density at radius 1 is 1.35 bits per heavy atom. The summed E-state index contributed by atoms with van der Waals surface area (Å²) in [4.78, 5) is 10.1. The Balaban J connectivity index is 0.00000264. The predicted molar refractivity (Wildman–Crippen MR) is 107 cm³/mol. The summed E-state index contributed by atoms with van der Waals surface area (Å²) in [5.74, 6) is 1.66. The molecule has 7 heteroatoms. The predicted octanol–water partition coefficient (Wildman–Crippen LogP) is 3.33. The van der Waals surface area contributed by atoms with Gasteiger partial charge in [-0.2, -0.15) is 0 Å². The molecule has 1 heterocycles. The van der Waals surface area contributed by atoms with Crippen LogP contribution in [0, 0.1) is 6.92 Å². The van der Waals surface area contributed by atoms with E-state index in [0.717, 1.165) is 36.1 Å². The van der Waals surface area contributed by atoms with E-state index in [1.165, 1.54) is 4.88 Å². The van der Waals surface area contributed by atoms with Gasteiger partial charge in [0.25, 0.3) is 0 Å². The quantitative estimate of drug-likeness (QED) is 0.406. The third-order valence-electron chi connectivity index (χ3n) is 3.16. The lowest BCUT2D eigenvalue weighted by Crippen LogP contribution is -2.36. The van der Waals surface area contributed by atoms with E-state index >= 15 is 0 Å². The highest BCUT2D eigenvalue weighted by atomic mass is 127. The SMILES string of the molecule is CCNC(=NCc1cccc(OC)c1)NCc1scnc1C.I. The van der Waals surface area contributed by atoms with Crippen molar-refractivity contribution in [3.05, 3.63) is 45.9 Å². The first kappa shape index (κ1) is 19.7. The van der Waals surface area contributed by atoms with Gasteiger partial charge in [0, 0.05) is 11.4 Å². The van der Waals surface area contributed by atoms with Gasteiger partial charge in [-0.05, 0) is 31.5 Å². The van der Waals surface area contributed by atoms with E-state index in [1.807, 2.05) is 36.7 Å². The van der Waals surface area contributed by atoms with E-state index in [0.29, 0.717) is 6.54 Å². The minimum atomic E-state index is 0. The number of nitrogens with zero attached hydrogens (tertiary/aromatic N) is 2. The zero-order valence-corrected chi connectivity index (χ0v) is 16.8. The van der Waals surface area contributed by atoms with E-state index in [-0.39, 0.29) is 24.0 Å². The molecule has 0 saturated heterocycles. The van der Waals surface area contributed by atoms with Gasteiger partial charge in [0.05, 0.1) is 31.4 Å². The molecule has 0 spiro atoms. The molecule has 0 atom stereocenters. The first-order valence-electron chi connectivity index (χ1n) is 7.27. The highest BCUT2D eigenvalue weighted by molar-refractivity contribution is 14.0. The second-order valence-corrected chi connectivity index (χ2v) is 5.70. The number of methoxy groups -OCH3 is 1. The van der Waals surface area contributed by atoms with Gasteiger partial charge in [0.15, 0.2) is 5.96 Å². The van der Waals surface area contributed by atoms with Gasteiger partial charge < -0.3 is 15.4 Å². The number of guanidine groups is 1. The van der Waals surface area contributed by atoms with Crippen LogP contribution >= 0.6 is 35.3 Å². The van der Waals surface area contributed by atoms with E-state index < -0.39 is 0 Å². The van der Waals surface area contributed by atoms with Crippen LogP contribution in [0.5, 0.6) is 5.75 Å². The van der Waals surface area contributed by atoms with Crippen LogP contribution in [0.1, 0.15) is 23.1 Å². The Hall–Kier alpha value is -1.35. The number of nitrogens with one attached hydrogen (secondary N) is 2. The number of aliphatic imine (C=N–C) groups is 1. The summed E-state index contributed by atoms with van der Waals surface area (Å²) in [5, 5.41) is 6.60. The largest absolute Gasteiger partial charge is 0.497 e. The van der Waals surface area contributed by atoms with Crippen LogP contribution in [-0.2, 0) is 13.1 Å². The minimum absolute atomic E-state index is 0. The molecule has 0 unspecified atom stereocenters. The Labute approximate surface area is 158 Å². The van der Waals surface area contributed by atoms with E-state index in [4.69, 9.17) is 4.74 Å². The second kappa shape index (κ2) is 10.4. The van der Waals surface area contributed by atoms with Crippen molar-refractivity contribution >= 4 is 41.3 Å². The number of thiazole rings is 1. The van der Waals surface area contributed by atoms with Gasteiger partial charge >= 0.3 is 0 Å². The summed E-state index contributed by atoms with van der Waals surface area (Å²) in [6.45, 7) is 6.24. The molecular weight excluding hydrogens is 423 g/mol. The summed E-state index contributed by atoms with van der Waals surface area (Å²) < 4.78 is 5.23. The molecule has 5 nitrogen and oxygen atoms in total. The molecule has 1 aromatic carbocycles. The average Bonchev–Trinajstić information content (AvgIpc) is 2.95. The molecule has 2 aromatic rings. The zero-order chi connectivity index (χ0) is 15.8. The number of aryl methyl sites for hydroxylation is 1. The van der Waals surface area contributed by atoms with Crippen molar-refractivity contribution in [1.29, 1.82) is 0 Å². The maximum absolute atomic E-state index is 5.23. The molecule has 0 saturated carbocycles. The van der Waals surface area contributed by atoms with Gasteiger partial charge in [-0.3, -0.25) is 0 Å². The highest BCUT2D eigenvalue weighted by Gasteiger charge is 2.03. The summed E-state index contributed by atoms with van der Waals surface area (Å²) >= 11 is 1.66. The summed E-state index contributed by atoms with van der Waals surface area (Å²) in [6.07, 6.45) is 0. The summed E-state index contributed by atoms with van der Waals surface area (Å²) in [5.41, 5.74) is 4.05. The number of ether oxygens (including phenoxy) is 1. The van der Waals surface area contributed by atoms with Crippen LogP contribution < -0.4 is 15.4 Å². The smallest absolute Gasteiger partial charge is 0.191 e. The van der Waals surface area contributed by atoms with E-state index in [9.17, 15) is 0 Å². The van der Waals surface area contributed by atoms with Gasteiger partial charge in [0.1, 0.15) is 5.75 Å². The molecule has 0 fully saturated rings. The van der Waals surface area contributed by atoms with Crippen LogP contribution in [0.3, 0.4) is 0 Å². The van der Waals surface area contributed by atoms with Crippen LogP contribution in [0.4, 0.5) is 0 Å². The Morgan fingerprint density at radius 2 is 2.17 bits per heavy atom. The Kier molecular flexibility index (Phi) is 8.93. The lowest BCUT2D eigenvalue weighted by molar-refractivity contribution is 0.414.